The average Bonchev–Trinajstić information content (AvgIpc) is 3.29. The van der Waals surface area contributed by atoms with E-state index >= 15 is 0 Å². The number of unbranched alkanes of at least 4 members (excludes halogenated alkanes) is 3. The second kappa shape index (κ2) is 11.4. The topological polar surface area (TPSA) is 90.4 Å². The van der Waals surface area contributed by atoms with Crippen molar-refractivity contribution in [3.63, 3.8) is 0 Å². The highest BCUT2D eigenvalue weighted by Crippen LogP contribution is 2.54. The summed E-state index contributed by atoms with van der Waals surface area (Å²) in [6, 6.07) is 15.7. The van der Waals surface area contributed by atoms with Gasteiger partial charge in [-0.05, 0) is 37.1 Å². The number of fused-ring (bicyclic) bond motifs is 2. The van der Waals surface area contributed by atoms with Gasteiger partial charge in [-0.15, -0.1) is 0 Å². The molecule has 0 bridgehead atoms. The van der Waals surface area contributed by atoms with Crippen LogP contribution in [0.3, 0.4) is 0 Å². The number of para-hydroxylation sites is 2. The van der Waals surface area contributed by atoms with Crippen LogP contribution in [0.25, 0.3) is 0 Å². The number of aliphatic hydroxyl groups is 1. The third-order valence-corrected chi connectivity index (χ3v) is 9.00. The molecule has 2 fully saturated rings. The van der Waals surface area contributed by atoms with Gasteiger partial charge >= 0.3 is 0 Å². The fourth-order valence-electron chi connectivity index (χ4n) is 6.85. The van der Waals surface area contributed by atoms with Gasteiger partial charge < -0.3 is 24.5 Å². The van der Waals surface area contributed by atoms with Crippen molar-refractivity contribution in [1.29, 1.82) is 0 Å². The summed E-state index contributed by atoms with van der Waals surface area (Å²) in [4.78, 5) is 48.0. The summed E-state index contributed by atoms with van der Waals surface area (Å²) in [5.74, 6) is -2.31. The first-order valence-electron chi connectivity index (χ1n) is 14.3. The Balaban J connectivity index is 1.40. The van der Waals surface area contributed by atoms with Crippen molar-refractivity contribution in [2.45, 2.75) is 43.4 Å². The highest BCUT2D eigenvalue weighted by Gasteiger charge is 2.71. The fourth-order valence-corrected chi connectivity index (χ4v) is 7.09. The van der Waals surface area contributed by atoms with Crippen LogP contribution in [0.2, 0.25) is 5.02 Å². The summed E-state index contributed by atoms with van der Waals surface area (Å²) >= 11 is 6.53. The molecule has 4 aliphatic heterocycles. The number of benzene rings is 2. The molecule has 4 aliphatic rings. The Labute approximate surface area is 244 Å². The number of carbonyl (C=O) groups excluding carboxylic acids is 3. The number of carbonyl (C=O) groups is 3. The van der Waals surface area contributed by atoms with Crippen molar-refractivity contribution in [2.24, 2.45) is 11.8 Å². The van der Waals surface area contributed by atoms with E-state index in [1.165, 1.54) is 0 Å². The predicted octanol–water partition coefficient (Wildman–Crippen LogP) is 3.98. The van der Waals surface area contributed by atoms with Crippen LogP contribution in [0.15, 0.2) is 78.9 Å². The minimum atomic E-state index is -1.29. The number of anilines is 2. The number of aliphatic hydroxyl groups excluding tert-OH is 1. The van der Waals surface area contributed by atoms with Gasteiger partial charge in [0.05, 0.1) is 28.6 Å². The van der Waals surface area contributed by atoms with E-state index in [1.54, 1.807) is 26.8 Å². The molecule has 5 atom stereocenters. The Morgan fingerprint density at radius 2 is 1.59 bits per heavy atom. The van der Waals surface area contributed by atoms with E-state index in [1.807, 2.05) is 66.8 Å². The number of rotatable bonds is 8. The van der Waals surface area contributed by atoms with E-state index in [2.05, 4.69) is 0 Å². The normalized spacial score (nSPS) is 28.9. The quantitative estimate of drug-likeness (QED) is 0.380. The molecular formula is C32H34ClN3O5. The van der Waals surface area contributed by atoms with E-state index in [4.69, 9.17) is 16.3 Å². The largest absolute Gasteiger partial charge is 0.396 e. The maximum Gasteiger partial charge on any atom is 0.253 e. The minimum Gasteiger partial charge on any atom is -0.396 e. The second-order valence-electron chi connectivity index (χ2n) is 11.0. The summed E-state index contributed by atoms with van der Waals surface area (Å²) in [6.45, 7) is 1.12. The van der Waals surface area contributed by atoms with Crippen molar-refractivity contribution < 1.29 is 24.2 Å². The zero-order valence-electron chi connectivity index (χ0n) is 22.8. The van der Waals surface area contributed by atoms with E-state index < -0.39 is 29.6 Å². The van der Waals surface area contributed by atoms with Gasteiger partial charge in [-0.25, -0.2) is 0 Å². The molecule has 9 heteroatoms. The van der Waals surface area contributed by atoms with E-state index in [9.17, 15) is 19.5 Å². The molecule has 2 aromatic carbocycles. The Morgan fingerprint density at radius 1 is 0.854 bits per heavy atom. The number of amides is 3. The fraction of sp³-hybridized carbons (Fsp3) is 0.406. The Morgan fingerprint density at radius 3 is 2.37 bits per heavy atom. The summed E-state index contributed by atoms with van der Waals surface area (Å²) in [7, 11) is 0. The van der Waals surface area contributed by atoms with Gasteiger partial charge in [0.1, 0.15) is 11.6 Å². The lowest BCUT2D eigenvalue weighted by Crippen LogP contribution is -2.55. The molecule has 2 aromatic rings. The number of hydrogen-bond donors (Lipinski definition) is 1. The minimum absolute atomic E-state index is 0.122. The van der Waals surface area contributed by atoms with E-state index in [-0.39, 0.29) is 30.9 Å². The number of halogens is 1. The molecule has 1 N–H and O–H groups in total. The molecule has 6 rings (SSSR count). The SMILES string of the molecule is O=C1[C@@H]2[C@H](C=CCN1c1ccccc1)O[C@]13C=CCN(c4ccccc4Cl)C(=O)C1N(CCCCCCO)C(=O)[C@H]23. The van der Waals surface area contributed by atoms with Gasteiger partial charge in [0.25, 0.3) is 5.91 Å². The molecule has 0 radical (unpaired) electrons. The predicted molar refractivity (Wildman–Crippen MR) is 157 cm³/mol. The van der Waals surface area contributed by atoms with Crippen LogP contribution in [0.4, 0.5) is 11.4 Å². The van der Waals surface area contributed by atoms with Crippen molar-refractivity contribution >= 4 is 40.7 Å². The number of hydrogen-bond acceptors (Lipinski definition) is 5. The first-order chi connectivity index (χ1) is 20.0. The molecule has 0 saturated carbocycles. The van der Waals surface area contributed by atoms with Crippen LogP contribution in [0.1, 0.15) is 25.7 Å². The maximum absolute atomic E-state index is 14.5. The third-order valence-electron chi connectivity index (χ3n) is 8.68. The molecule has 1 unspecified atom stereocenters. The Hall–Kier alpha value is -3.46. The molecule has 0 aromatic heterocycles. The zero-order chi connectivity index (χ0) is 28.6. The van der Waals surface area contributed by atoms with Crippen molar-refractivity contribution in [3.05, 3.63) is 83.9 Å². The lowest BCUT2D eigenvalue weighted by atomic mass is 9.77. The van der Waals surface area contributed by atoms with Crippen LogP contribution in [-0.4, -0.2) is 71.7 Å². The smallest absolute Gasteiger partial charge is 0.253 e. The standard InChI is InChI=1S/C32H34ClN3O5/c33-23-14-6-7-15-24(23)35-20-11-17-32-27(30(39)36(28(32)31(35)40)18-8-1-2-9-21-37)26-25(41-32)16-10-19-34(29(26)38)22-12-4-3-5-13-22/h3-7,10-17,25-28,37H,1-2,8-9,18-21H2/t25-,26+,27-,28?,32-/m0/s1. The molecule has 2 saturated heterocycles. The molecule has 8 nitrogen and oxygen atoms in total. The van der Waals surface area contributed by atoms with Crippen molar-refractivity contribution in [2.75, 3.05) is 36.0 Å². The van der Waals surface area contributed by atoms with Gasteiger partial charge in [-0.2, -0.15) is 0 Å². The van der Waals surface area contributed by atoms with Crippen molar-refractivity contribution in [3.8, 4) is 0 Å². The average molecular weight is 576 g/mol. The molecule has 214 valence electrons. The lowest BCUT2D eigenvalue weighted by Gasteiger charge is -2.35. The number of nitrogens with zero attached hydrogens (tertiary/aromatic N) is 3. The Bertz CT molecular complexity index is 1380. The highest BCUT2D eigenvalue weighted by atomic mass is 35.5. The number of likely N-dealkylation sites (tertiary alicyclic amines) is 1. The lowest BCUT2D eigenvalue weighted by molar-refractivity contribution is -0.140. The van der Waals surface area contributed by atoms with Gasteiger partial charge in [-0.1, -0.05) is 79.1 Å². The van der Waals surface area contributed by atoms with Gasteiger partial charge in [0.2, 0.25) is 11.8 Å². The summed E-state index contributed by atoms with van der Waals surface area (Å²) in [6.07, 6.45) is 9.85. The molecule has 0 aliphatic carbocycles. The summed E-state index contributed by atoms with van der Waals surface area (Å²) < 4.78 is 6.73. The van der Waals surface area contributed by atoms with Crippen LogP contribution in [0.5, 0.6) is 0 Å². The first-order valence-corrected chi connectivity index (χ1v) is 14.7. The van der Waals surface area contributed by atoms with Crippen LogP contribution >= 0.6 is 11.6 Å². The molecule has 41 heavy (non-hydrogen) atoms. The molecule has 3 amide bonds. The Kier molecular flexibility index (Phi) is 7.72. The van der Waals surface area contributed by atoms with Crippen LogP contribution < -0.4 is 9.80 Å². The molecule has 1 spiro atoms. The second-order valence-corrected chi connectivity index (χ2v) is 11.4. The van der Waals surface area contributed by atoms with Gasteiger partial charge in [0.15, 0.2) is 0 Å². The van der Waals surface area contributed by atoms with E-state index in [0.717, 1.165) is 18.5 Å². The maximum atomic E-state index is 14.5. The van der Waals surface area contributed by atoms with Gasteiger partial charge in [0, 0.05) is 31.9 Å². The van der Waals surface area contributed by atoms with Crippen molar-refractivity contribution in [1.82, 2.24) is 4.90 Å². The van der Waals surface area contributed by atoms with E-state index in [0.29, 0.717) is 36.6 Å². The first kappa shape index (κ1) is 27.7. The summed E-state index contributed by atoms with van der Waals surface area (Å²) in [5, 5.41) is 9.62. The third kappa shape index (κ3) is 4.68. The molecule has 4 heterocycles. The highest BCUT2D eigenvalue weighted by molar-refractivity contribution is 6.34. The summed E-state index contributed by atoms with van der Waals surface area (Å²) in [5.41, 5.74) is 0.0339. The molecular weight excluding hydrogens is 542 g/mol. The zero-order valence-corrected chi connectivity index (χ0v) is 23.5. The number of ether oxygens (including phenoxy) is 1. The van der Waals surface area contributed by atoms with Crippen LogP contribution in [0, 0.1) is 11.8 Å². The van der Waals surface area contributed by atoms with Gasteiger partial charge in [-0.3, -0.25) is 14.4 Å². The monoisotopic (exact) mass is 575 g/mol. The van der Waals surface area contributed by atoms with Crippen LogP contribution in [-0.2, 0) is 19.1 Å².